The maximum Gasteiger partial charge on any atom is 0.339 e. The first-order valence-electron chi connectivity index (χ1n) is 5.58. The highest BCUT2D eigenvalue weighted by Crippen LogP contribution is 2.37. The molecule has 0 saturated heterocycles. The summed E-state index contributed by atoms with van der Waals surface area (Å²) in [5.41, 5.74) is 0.769. The highest BCUT2D eigenvalue weighted by molar-refractivity contribution is 5.90. The van der Waals surface area contributed by atoms with E-state index >= 15 is 0 Å². The maximum atomic E-state index is 10.4. The van der Waals surface area contributed by atoms with Gasteiger partial charge in [-0.1, -0.05) is 18.6 Å². The molecule has 1 fully saturated rings. The van der Waals surface area contributed by atoms with E-state index < -0.39 is 11.9 Å². The van der Waals surface area contributed by atoms with Crippen LogP contribution < -0.4 is 0 Å². The number of benzene rings is 1. The fraction of sp³-hybridized carbons (Fsp3) is 0.385. The molecule has 1 aliphatic rings. The van der Waals surface area contributed by atoms with Crippen LogP contribution in [0.1, 0.15) is 29.3 Å². The monoisotopic (exact) mass is 252 g/mol. The number of carbonyl (C=O) groups is 2. The number of hydrogen-bond donors (Lipinski definition) is 3. The Labute approximate surface area is 105 Å². The molecule has 0 bridgehead atoms. The molecule has 1 aromatic carbocycles. The summed E-state index contributed by atoms with van der Waals surface area (Å²) in [7, 11) is 0. The Kier molecular flexibility index (Phi) is 4.31. The van der Waals surface area contributed by atoms with E-state index in [2.05, 4.69) is 0 Å². The van der Waals surface area contributed by atoms with Gasteiger partial charge < -0.3 is 15.3 Å². The van der Waals surface area contributed by atoms with Crippen molar-refractivity contribution in [3.05, 3.63) is 29.3 Å². The minimum absolute atomic E-state index is 0.0139. The molecule has 18 heavy (non-hydrogen) atoms. The summed E-state index contributed by atoms with van der Waals surface area (Å²) in [5.74, 6) is -1.50. The smallest absolute Gasteiger partial charge is 0.339 e. The molecular formula is C13H16O5. The standard InChI is InChI=1S/C8H8O3.C5H8O2/c1-5-2-3-7(9)6(4-5)8(10)11;1-3-2-4(3)5(6)7/h2-4,9H,1H3,(H,10,11);3-4H,2H2,1H3,(H,6,7). The molecule has 0 heterocycles. The fourth-order valence-electron chi connectivity index (χ4n) is 1.49. The molecule has 1 aliphatic carbocycles. The van der Waals surface area contributed by atoms with E-state index in [4.69, 9.17) is 15.3 Å². The van der Waals surface area contributed by atoms with Crippen LogP contribution in [0.25, 0.3) is 0 Å². The van der Waals surface area contributed by atoms with Crippen molar-refractivity contribution in [1.29, 1.82) is 0 Å². The predicted molar refractivity (Wildman–Crippen MR) is 64.7 cm³/mol. The fourth-order valence-corrected chi connectivity index (χ4v) is 1.49. The Morgan fingerprint density at radius 3 is 2.11 bits per heavy atom. The second-order valence-electron chi connectivity index (χ2n) is 4.48. The van der Waals surface area contributed by atoms with Crippen LogP contribution in [0.5, 0.6) is 5.75 Å². The zero-order chi connectivity index (χ0) is 13.9. The number of phenols is 1. The Balaban J connectivity index is 0.000000199. The number of aryl methyl sites for hydroxylation is 1. The minimum Gasteiger partial charge on any atom is -0.507 e. The van der Waals surface area contributed by atoms with Crippen molar-refractivity contribution in [2.75, 3.05) is 0 Å². The van der Waals surface area contributed by atoms with Gasteiger partial charge in [-0.25, -0.2) is 4.79 Å². The third-order valence-corrected chi connectivity index (χ3v) is 2.81. The first kappa shape index (κ1) is 14.0. The number of aromatic hydroxyl groups is 1. The lowest BCUT2D eigenvalue weighted by atomic mass is 10.1. The molecule has 2 rings (SSSR count). The summed E-state index contributed by atoms with van der Waals surface area (Å²) in [5, 5.41) is 25.8. The van der Waals surface area contributed by atoms with Gasteiger partial charge in [0.05, 0.1) is 5.92 Å². The van der Waals surface area contributed by atoms with E-state index in [-0.39, 0.29) is 17.2 Å². The molecule has 2 unspecified atom stereocenters. The summed E-state index contributed by atoms with van der Waals surface area (Å²) >= 11 is 0. The van der Waals surface area contributed by atoms with Crippen molar-refractivity contribution in [3.63, 3.8) is 0 Å². The third-order valence-electron chi connectivity index (χ3n) is 2.81. The van der Waals surface area contributed by atoms with Crippen molar-refractivity contribution in [1.82, 2.24) is 0 Å². The van der Waals surface area contributed by atoms with Crippen molar-refractivity contribution in [3.8, 4) is 5.75 Å². The van der Waals surface area contributed by atoms with E-state index in [0.29, 0.717) is 5.92 Å². The van der Waals surface area contributed by atoms with Crippen LogP contribution in [0.15, 0.2) is 18.2 Å². The molecule has 98 valence electrons. The van der Waals surface area contributed by atoms with Crippen LogP contribution in [0.3, 0.4) is 0 Å². The van der Waals surface area contributed by atoms with Gasteiger partial charge in [0.1, 0.15) is 11.3 Å². The molecule has 0 aliphatic heterocycles. The van der Waals surface area contributed by atoms with E-state index in [9.17, 15) is 9.59 Å². The molecule has 0 amide bonds. The number of carboxylic acid groups (broad SMARTS) is 2. The van der Waals surface area contributed by atoms with Gasteiger partial charge in [0, 0.05) is 0 Å². The van der Waals surface area contributed by atoms with Crippen LogP contribution in [-0.2, 0) is 4.79 Å². The molecule has 0 radical (unpaired) electrons. The third kappa shape index (κ3) is 3.76. The lowest BCUT2D eigenvalue weighted by Gasteiger charge is -1.98. The van der Waals surface area contributed by atoms with E-state index in [1.807, 2.05) is 6.92 Å². The summed E-state index contributed by atoms with van der Waals surface area (Å²) in [6, 6.07) is 4.46. The van der Waals surface area contributed by atoms with Gasteiger partial charge >= 0.3 is 11.9 Å². The molecule has 3 N–H and O–H groups in total. The highest BCUT2D eigenvalue weighted by atomic mass is 16.4. The predicted octanol–water partition coefficient (Wildman–Crippen LogP) is 2.13. The normalized spacial score (nSPS) is 20.6. The van der Waals surface area contributed by atoms with Gasteiger partial charge in [-0.2, -0.15) is 0 Å². The molecule has 1 aromatic rings. The molecule has 5 nitrogen and oxygen atoms in total. The molecule has 1 saturated carbocycles. The van der Waals surface area contributed by atoms with Crippen LogP contribution in [0, 0.1) is 18.8 Å². The molecule has 0 spiro atoms. The molecule has 2 atom stereocenters. The zero-order valence-electron chi connectivity index (χ0n) is 10.3. The Bertz CT molecular complexity index is 466. The quantitative estimate of drug-likeness (QED) is 0.749. The minimum atomic E-state index is -1.11. The molecule has 0 aromatic heterocycles. The van der Waals surface area contributed by atoms with Crippen molar-refractivity contribution >= 4 is 11.9 Å². The zero-order valence-corrected chi connectivity index (χ0v) is 10.3. The lowest BCUT2D eigenvalue weighted by molar-refractivity contribution is -0.138. The Morgan fingerprint density at radius 1 is 1.28 bits per heavy atom. The van der Waals surface area contributed by atoms with Crippen molar-refractivity contribution < 1.29 is 24.9 Å². The summed E-state index contributed by atoms with van der Waals surface area (Å²) in [4.78, 5) is 20.4. The average molecular weight is 252 g/mol. The maximum absolute atomic E-state index is 10.4. The Morgan fingerprint density at radius 2 is 1.83 bits per heavy atom. The Hall–Kier alpha value is -2.04. The van der Waals surface area contributed by atoms with Gasteiger partial charge in [0.15, 0.2) is 0 Å². The molecule has 5 heteroatoms. The summed E-state index contributed by atoms with van der Waals surface area (Å²) < 4.78 is 0. The van der Waals surface area contributed by atoms with Crippen molar-refractivity contribution in [2.24, 2.45) is 11.8 Å². The first-order valence-corrected chi connectivity index (χ1v) is 5.58. The number of aromatic carboxylic acids is 1. The SMILES string of the molecule is CC1CC1C(=O)O.Cc1ccc(O)c(C(=O)O)c1. The second-order valence-corrected chi connectivity index (χ2v) is 4.48. The topological polar surface area (TPSA) is 94.8 Å². The van der Waals surface area contributed by atoms with Gasteiger partial charge in [0.2, 0.25) is 0 Å². The first-order chi connectivity index (χ1) is 8.32. The summed E-state index contributed by atoms with van der Waals surface area (Å²) in [6.07, 6.45) is 0.884. The number of carboxylic acids is 2. The second kappa shape index (κ2) is 5.53. The molecular weight excluding hydrogens is 236 g/mol. The van der Waals surface area contributed by atoms with Crippen LogP contribution in [0.4, 0.5) is 0 Å². The van der Waals surface area contributed by atoms with Gasteiger partial charge in [0.25, 0.3) is 0 Å². The van der Waals surface area contributed by atoms with E-state index in [1.165, 1.54) is 12.1 Å². The van der Waals surface area contributed by atoms with Gasteiger partial charge in [-0.15, -0.1) is 0 Å². The number of aliphatic carboxylic acids is 1. The van der Waals surface area contributed by atoms with E-state index in [1.54, 1.807) is 13.0 Å². The average Bonchev–Trinajstić information content (AvgIpc) is 3.00. The highest BCUT2D eigenvalue weighted by Gasteiger charge is 2.38. The van der Waals surface area contributed by atoms with Gasteiger partial charge in [-0.3, -0.25) is 4.79 Å². The largest absolute Gasteiger partial charge is 0.507 e. The van der Waals surface area contributed by atoms with Crippen LogP contribution in [-0.4, -0.2) is 27.3 Å². The summed E-state index contributed by atoms with van der Waals surface area (Å²) in [6.45, 7) is 3.73. The number of hydrogen-bond acceptors (Lipinski definition) is 3. The van der Waals surface area contributed by atoms with Crippen molar-refractivity contribution in [2.45, 2.75) is 20.3 Å². The van der Waals surface area contributed by atoms with Crippen LogP contribution in [0.2, 0.25) is 0 Å². The van der Waals surface area contributed by atoms with Crippen LogP contribution >= 0.6 is 0 Å². The van der Waals surface area contributed by atoms with Gasteiger partial charge in [-0.05, 0) is 31.4 Å². The number of rotatable bonds is 2. The van der Waals surface area contributed by atoms with E-state index in [0.717, 1.165) is 12.0 Å². The lowest BCUT2D eigenvalue weighted by Crippen LogP contribution is -1.97.